The molecule has 0 saturated carbocycles. The fourth-order valence-electron chi connectivity index (χ4n) is 1.92. The molecular weight excluding hydrogens is 247 g/mol. The van der Waals surface area contributed by atoms with Gasteiger partial charge in [0.05, 0.1) is 24.2 Å². The first-order chi connectivity index (χ1) is 9.17. The van der Waals surface area contributed by atoms with Gasteiger partial charge in [-0.05, 0) is 31.5 Å². The van der Waals surface area contributed by atoms with E-state index in [1.165, 1.54) is 18.3 Å². The molecule has 0 N–H and O–H groups in total. The molecule has 0 bridgehead atoms. The van der Waals surface area contributed by atoms with Gasteiger partial charge in [0.25, 0.3) is 0 Å². The second-order valence-corrected chi connectivity index (χ2v) is 3.97. The van der Waals surface area contributed by atoms with E-state index in [1.54, 1.807) is 23.7 Å². The third-order valence-corrected chi connectivity index (χ3v) is 2.75. The number of nitrogens with zero attached hydrogens (tertiary/aromatic N) is 2. The van der Waals surface area contributed by atoms with Gasteiger partial charge in [-0.3, -0.25) is 0 Å². The van der Waals surface area contributed by atoms with Gasteiger partial charge < -0.3 is 4.74 Å². The molecular formula is C14H15FN2O2. The Morgan fingerprint density at radius 2 is 2.21 bits per heavy atom. The minimum Gasteiger partial charge on any atom is -0.462 e. The summed E-state index contributed by atoms with van der Waals surface area (Å²) in [5, 5.41) is 4.15. The Morgan fingerprint density at radius 3 is 2.84 bits per heavy atom. The summed E-state index contributed by atoms with van der Waals surface area (Å²) < 4.78 is 19.8. The molecule has 0 amide bonds. The summed E-state index contributed by atoms with van der Waals surface area (Å²) in [5.41, 5.74) is 1.73. The van der Waals surface area contributed by atoms with Crippen LogP contribution < -0.4 is 0 Å². The second kappa shape index (κ2) is 5.65. The number of esters is 1. The monoisotopic (exact) mass is 262 g/mol. The van der Waals surface area contributed by atoms with Crippen molar-refractivity contribution in [1.29, 1.82) is 0 Å². The van der Waals surface area contributed by atoms with Gasteiger partial charge in [-0.15, -0.1) is 0 Å². The number of aromatic nitrogens is 2. The number of benzene rings is 1. The van der Waals surface area contributed by atoms with Gasteiger partial charge in [0.2, 0.25) is 0 Å². The fourth-order valence-corrected chi connectivity index (χ4v) is 1.92. The Labute approximate surface area is 110 Å². The van der Waals surface area contributed by atoms with Crippen molar-refractivity contribution >= 4 is 5.97 Å². The molecule has 1 aromatic carbocycles. The van der Waals surface area contributed by atoms with E-state index in [-0.39, 0.29) is 5.82 Å². The van der Waals surface area contributed by atoms with Gasteiger partial charge >= 0.3 is 5.97 Å². The number of hydrogen-bond donors (Lipinski definition) is 0. The van der Waals surface area contributed by atoms with Crippen LogP contribution in [0.4, 0.5) is 4.39 Å². The Kier molecular flexibility index (Phi) is 3.94. The van der Waals surface area contributed by atoms with E-state index in [1.807, 2.05) is 6.92 Å². The standard InChI is InChI=1S/C14H15FN2O2/c1-3-13-12(14(18)19-4-2)9-16-17(13)11-7-5-6-10(15)8-11/h5-9H,3-4H2,1-2H3. The lowest BCUT2D eigenvalue weighted by Crippen LogP contribution is -2.09. The average molecular weight is 262 g/mol. The predicted molar refractivity (Wildman–Crippen MR) is 68.9 cm³/mol. The normalized spacial score (nSPS) is 10.5. The molecule has 0 saturated heterocycles. The molecule has 1 aromatic heterocycles. The number of carbonyl (C=O) groups is 1. The SMILES string of the molecule is CCOC(=O)c1cnn(-c2cccc(F)c2)c1CC. The zero-order valence-corrected chi connectivity index (χ0v) is 10.9. The fraction of sp³-hybridized carbons (Fsp3) is 0.286. The smallest absolute Gasteiger partial charge is 0.341 e. The summed E-state index contributed by atoms with van der Waals surface area (Å²) in [6.45, 7) is 3.98. The summed E-state index contributed by atoms with van der Waals surface area (Å²) in [6, 6.07) is 6.09. The zero-order valence-electron chi connectivity index (χ0n) is 10.9. The molecule has 1 heterocycles. The molecule has 0 fully saturated rings. The van der Waals surface area contributed by atoms with Gasteiger partial charge in [0.15, 0.2) is 0 Å². The highest BCUT2D eigenvalue weighted by Crippen LogP contribution is 2.17. The summed E-state index contributed by atoms with van der Waals surface area (Å²) in [4.78, 5) is 11.8. The molecule has 2 rings (SSSR count). The summed E-state index contributed by atoms with van der Waals surface area (Å²) in [7, 11) is 0. The molecule has 0 aliphatic carbocycles. The topological polar surface area (TPSA) is 44.1 Å². The van der Waals surface area contributed by atoms with E-state index in [4.69, 9.17) is 4.74 Å². The van der Waals surface area contributed by atoms with Crippen LogP contribution >= 0.6 is 0 Å². The van der Waals surface area contributed by atoms with Crippen molar-refractivity contribution in [2.75, 3.05) is 6.61 Å². The van der Waals surface area contributed by atoms with Crippen molar-refractivity contribution in [2.24, 2.45) is 0 Å². The molecule has 0 unspecified atom stereocenters. The average Bonchev–Trinajstić information content (AvgIpc) is 2.82. The highest BCUT2D eigenvalue weighted by Gasteiger charge is 2.18. The molecule has 19 heavy (non-hydrogen) atoms. The van der Waals surface area contributed by atoms with E-state index in [2.05, 4.69) is 5.10 Å². The summed E-state index contributed by atoms with van der Waals surface area (Å²) in [5.74, 6) is -0.741. The lowest BCUT2D eigenvalue weighted by atomic mass is 10.2. The quantitative estimate of drug-likeness (QED) is 0.796. The van der Waals surface area contributed by atoms with Gasteiger partial charge in [0, 0.05) is 0 Å². The van der Waals surface area contributed by atoms with Crippen molar-refractivity contribution in [3.05, 3.63) is 47.5 Å². The van der Waals surface area contributed by atoms with E-state index >= 15 is 0 Å². The summed E-state index contributed by atoms with van der Waals surface area (Å²) >= 11 is 0. The van der Waals surface area contributed by atoms with Crippen LogP contribution in [0, 0.1) is 5.82 Å². The minimum absolute atomic E-state index is 0.313. The van der Waals surface area contributed by atoms with E-state index in [0.717, 1.165) is 0 Å². The van der Waals surface area contributed by atoms with Crippen molar-refractivity contribution in [3.8, 4) is 5.69 Å². The van der Waals surface area contributed by atoms with Gasteiger partial charge in [-0.1, -0.05) is 13.0 Å². The van der Waals surface area contributed by atoms with Crippen LogP contribution in [0.15, 0.2) is 30.5 Å². The Morgan fingerprint density at radius 1 is 1.42 bits per heavy atom. The van der Waals surface area contributed by atoms with Crippen LogP contribution in [0.3, 0.4) is 0 Å². The van der Waals surface area contributed by atoms with Gasteiger partial charge in [0.1, 0.15) is 11.4 Å². The molecule has 4 nitrogen and oxygen atoms in total. The van der Waals surface area contributed by atoms with Crippen LogP contribution in [0.2, 0.25) is 0 Å². The van der Waals surface area contributed by atoms with Crippen molar-refractivity contribution in [1.82, 2.24) is 9.78 Å². The van der Waals surface area contributed by atoms with Crippen molar-refractivity contribution in [3.63, 3.8) is 0 Å². The minimum atomic E-state index is -0.401. The predicted octanol–water partition coefficient (Wildman–Crippen LogP) is 2.75. The number of ether oxygens (including phenoxy) is 1. The largest absolute Gasteiger partial charge is 0.462 e. The molecule has 0 aliphatic rings. The summed E-state index contributed by atoms with van der Waals surface area (Å²) in [6.07, 6.45) is 2.06. The molecule has 0 aliphatic heterocycles. The lowest BCUT2D eigenvalue weighted by Gasteiger charge is -2.07. The van der Waals surface area contributed by atoms with Crippen LogP contribution in [0.5, 0.6) is 0 Å². The van der Waals surface area contributed by atoms with Crippen molar-refractivity contribution in [2.45, 2.75) is 20.3 Å². The molecule has 0 atom stereocenters. The van der Waals surface area contributed by atoms with Crippen LogP contribution in [0.1, 0.15) is 29.9 Å². The number of hydrogen-bond acceptors (Lipinski definition) is 3. The Hall–Kier alpha value is -2.17. The van der Waals surface area contributed by atoms with Crippen LogP contribution in [0.25, 0.3) is 5.69 Å². The van der Waals surface area contributed by atoms with Gasteiger partial charge in [-0.2, -0.15) is 5.10 Å². The lowest BCUT2D eigenvalue weighted by molar-refractivity contribution is 0.0525. The molecule has 0 radical (unpaired) electrons. The van der Waals surface area contributed by atoms with Crippen LogP contribution in [-0.4, -0.2) is 22.4 Å². The Balaban J connectivity index is 2.45. The highest BCUT2D eigenvalue weighted by molar-refractivity contribution is 5.90. The Bertz CT molecular complexity index is 593. The maximum Gasteiger partial charge on any atom is 0.341 e. The molecule has 0 spiro atoms. The first-order valence-corrected chi connectivity index (χ1v) is 6.17. The third kappa shape index (κ3) is 2.65. The first-order valence-electron chi connectivity index (χ1n) is 6.17. The van der Waals surface area contributed by atoms with Crippen LogP contribution in [-0.2, 0) is 11.2 Å². The van der Waals surface area contributed by atoms with E-state index in [9.17, 15) is 9.18 Å². The maximum atomic E-state index is 13.2. The second-order valence-electron chi connectivity index (χ2n) is 3.97. The zero-order chi connectivity index (χ0) is 13.8. The van der Waals surface area contributed by atoms with E-state index < -0.39 is 5.97 Å². The number of rotatable bonds is 4. The first kappa shape index (κ1) is 13.3. The highest BCUT2D eigenvalue weighted by atomic mass is 19.1. The maximum absolute atomic E-state index is 13.2. The molecule has 5 heteroatoms. The molecule has 2 aromatic rings. The number of carbonyl (C=O) groups excluding carboxylic acids is 1. The van der Waals surface area contributed by atoms with Gasteiger partial charge in [-0.25, -0.2) is 13.9 Å². The number of halogens is 1. The van der Waals surface area contributed by atoms with Crippen molar-refractivity contribution < 1.29 is 13.9 Å². The van der Waals surface area contributed by atoms with E-state index in [0.29, 0.717) is 30.0 Å². The third-order valence-electron chi connectivity index (χ3n) is 2.75. The molecule has 100 valence electrons.